The van der Waals surface area contributed by atoms with E-state index in [1.165, 1.54) is 12.1 Å². The summed E-state index contributed by atoms with van der Waals surface area (Å²) in [6, 6.07) is 5.77. The lowest BCUT2D eigenvalue weighted by atomic mass is 9.77. The highest BCUT2D eigenvalue weighted by Gasteiger charge is 2.53. The first kappa shape index (κ1) is 20.7. The Hall–Kier alpha value is -2.00. The number of ether oxygens (including phenoxy) is 1. The Bertz CT molecular complexity index is 845. The highest BCUT2D eigenvalue weighted by molar-refractivity contribution is 6.63. The zero-order valence-corrected chi connectivity index (χ0v) is 16.8. The standard InChI is InChI=1S/C19H24BF3N2O3/c1-12-16(20-27-17(3,4)18(5,6)28-20)13(2)25(24-12)11-14-7-9-15(10-8-14)26-19(21,22)23/h7-10H,11H2,1-6H3. The Labute approximate surface area is 162 Å². The van der Waals surface area contributed by atoms with Crippen LogP contribution in [0.15, 0.2) is 24.3 Å². The molecule has 1 aliphatic rings. The Morgan fingerprint density at radius 3 is 2.07 bits per heavy atom. The van der Waals surface area contributed by atoms with E-state index in [2.05, 4.69) is 9.84 Å². The van der Waals surface area contributed by atoms with Gasteiger partial charge in [0, 0.05) is 11.2 Å². The van der Waals surface area contributed by atoms with Crippen molar-refractivity contribution in [1.82, 2.24) is 9.78 Å². The number of hydrogen-bond donors (Lipinski definition) is 0. The summed E-state index contributed by atoms with van der Waals surface area (Å²) in [6.07, 6.45) is -4.70. The zero-order valence-electron chi connectivity index (χ0n) is 16.8. The SMILES string of the molecule is Cc1nn(Cc2ccc(OC(F)(F)F)cc2)c(C)c1B1OC(C)(C)C(C)(C)O1. The Kier molecular flexibility index (Phi) is 5.04. The van der Waals surface area contributed by atoms with Gasteiger partial charge in [0.15, 0.2) is 0 Å². The first-order valence-electron chi connectivity index (χ1n) is 9.03. The van der Waals surface area contributed by atoms with E-state index < -0.39 is 24.7 Å². The summed E-state index contributed by atoms with van der Waals surface area (Å²) in [4.78, 5) is 0. The van der Waals surface area contributed by atoms with Gasteiger partial charge < -0.3 is 14.0 Å². The Morgan fingerprint density at radius 2 is 1.57 bits per heavy atom. The number of rotatable bonds is 4. The van der Waals surface area contributed by atoms with Crippen molar-refractivity contribution in [3.05, 3.63) is 41.2 Å². The third-order valence-corrected chi connectivity index (χ3v) is 5.42. The summed E-state index contributed by atoms with van der Waals surface area (Å²) >= 11 is 0. The van der Waals surface area contributed by atoms with Crippen LogP contribution in [0, 0.1) is 13.8 Å². The minimum Gasteiger partial charge on any atom is -0.406 e. The van der Waals surface area contributed by atoms with Gasteiger partial charge in [-0.15, -0.1) is 13.2 Å². The van der Waals surface area contributed by atoms with Crippen LogP contribution in [0.5, 0.6) is 5.75 Å². The van der Waals surface area contributed by atoms with Crippen LogP contribution in [0.2, 0.25) is 0 Å². The third-order valence-electron chi connectivity index (χ3n) is 5.42. The number of hydrogen-bond acceptors (Lipinski definition) is 4. The van der Waals surface area contributed by atoms with Crippen molar-refractivity contribution in [3.63, 3.8) is 0 Å². The van der Waals surface area contributed by atoms with Crippen LogP contribution in [0.3, 0.4) is 0 Å². The largest absolute Gasteiger partial charge is 0.573 e. The fourth-order valence-electron chi connectivity index (χ4n) is 3.14. The summed E-state index contributed by atoms with van der Waals surface area (Å²) in [7, 11) is -0.513. The molecule has 0 unspecified atom stereocenters. The van der Waals surface area contributed by atoms with Crippen LogP contribution >= 0.6 is 0 Å². The molecule has 0 radical (unpaired) electrons. The van der Waals surface area contributed by atoms with Crippen molar-refractivity contribution in [2.24, 2.45) is 0 Å². The molecule has 28 heavy (non-hydrogen) atoms. The molecule has 0 atom stereocenters. The molecule has 9 heteroatoms. The molecule has 0 amide bonds. The van der Waals surface area contributed by atoms with Crippen molar-refractivity contribution in [3.8, 4) is 5.75 Å². The van der Waals surface area contributed by atoms with Gasteiger partial charge in [-0.3, -0.25) is 4.68 Å². The van der Waals surface area contributed by atoms with Crippen LogP contribution in [0.1, 0.15) is 44.6 Å². The van der Waals surface area contributed by atoms with E-state index >= 15 is 0 Å². The van der Waals surface area contributed by atoms with Gasteiger partial charge in [-0.25, -0.2) is 0 Å². The van der Waals surface area contributed by atoms with Gasteiger partial charge in [0.1, 0.15) is 5.75 Å². The molecule has 5 nitrogen and oxygen atoms in total. The van der Waals surface area contributed by atoms with Gasteiger partial charge in [-0.2, -0.15) is 5.10 Å². The fraction of sp³-hybridized carbons (Fsp3) is 0.526. The van der Waals surface area contributed by atoms with Crippen molar-refractivity contribution in [1.29, 1.82) is 0 Å². The number of aromatic nitrogens is 2. The van der Waals surface area contributed by atoms with Crippen LogP contribution in [-0.2, 0) is 15.9 Å². The predicted octanol–water partition coefficient (Wildman–Crippen LogP) is 3.75. The second kappa shape index (κ2) is 6.81. The molecule has 0 spiro atoms. The van der Waals surface area contributed by atoms with E-state index in [0.717, 1.165) is 22.4 Å². The normalized spacial score (nSPS) is 18.5. The van der Waals surface area contributed by atoms with Gasteiger partial charge in [0.2, 0.25) is 0 Å². The van der Waals surface area contributed by atoms with Gasteiger partial charge in [0.25, 0.3) is 0 Å². The van der Waals surface area contributed by atoms with Gasteiger partial charge in [-0.05, 0) is 59.2 Å². The monoisotopic (exact) mass is 396 g/mol. The highest BCUT2D eigenvalue weighted by atomic mass is 19.4. The number of benzene rings is 1. The molecule has 1 fully saturated rings. The molecule has 152 valence electrons. The summed E-state index contributed by atoms with van der Waals surface area (Å²) in [5.74, 6) is -0.248. The predicted molar refractivity (Wildman–Crippen MR) is 99.6 cm³/mol. The topological polar surface area (TPSA) is 45.5 Å². The first-order chi connectivity index (χ1) is 12.8. The lowest BCUT2D eigenvalue weighted by Gasteiger charge is -2.32. The Balaban J connectivity index is 1.79. The summed E-state index contributed by atoms with van der Waals surface area (Å²) in [5.41, 5.74) is 2.48. The smallest absolute Gasteiger partial charge is 0.406 e. The summed E-state index contributed by atoms with van der Waals surface area (Å²) in [5, 5.41) is 4.57. The van der Waals surface area contributed by atoms with E-state index in [-0.39, 0.29) is 5.75 Å². The van der Waals surface area contributed by atoms with Crippen molar-refractivity contribution < 1.29 is 27.2 Å². The molecule has 2 heterocycles. The fourth-order valence-corrected chi connectivity index (χ4v) is 3.14. The van der Waals surface area contributed by atoms with Gasteiger partial charge >= 0.3 is 13.5 Å². The van der Waals surface area contributed by atoms with Crippen LogP contribution < -0.4 is 10.2 Å². The zero-order chi connectivity index (χ0) is 20.9. The number of aryl methyl sites for hydroxylation is 1. The molecular formula is C19H24BF3N2O3. The van der Waals surface area contributed by atoms with Crippen LogP contribution in [-0.4, -0.2) is 34.5 Å². The molecule has 1 saturated heterocycles. The molecule has 3 rings (SSSR count). The minimum absolute atomic E-state index is 0.248. The molecule has 0 saturated carbocycles. The van der Waals surface area contributed by atoms with Gasteiger partial charge in [-0.1, -0.05) is 12.1 Å². The molecule has 2 aromatic rings. The highest BCUT2D eigenvalue weighted by Crippen LogP contribution is 2.37. The lowest BCUT2D eigenvalue weighted by Crippen LogP contribution is -2.41. The molecule has 1 aromatic carbocycles. The van der Waals surface area contributed by atoms with E-state index in [9.17, 15) is 13.2 Å². The third kappa shape index (κ3) is 4.05. The molecule has 0 bridgehead atoms. The lowest BCUT2D eigenvalue weighted by molar-refractivity contribution is -0.274. The number of alkyl halides is 3. The van der Waals surface area contributed by atoms with Crippen molar-refractivity contribution >= 4 is 12.6 Å². The second-order valence-electron chi connectivity index (χ2n) is 8.02. The average molecular weight is 396 g/mol. The average Bonchev–Trinajstić information content (AvgIpc) is 2.91. The van der Waals surface area contributed by atoms with Crippen LogP contribution in [0.4, 0.5) is 13.2 Å². The number of halogens is 3. The van der Waals surface area contributed by atoms with Crippen molar-refractivity contribution in [2.45, 2.75) is 65.7 Å². The van der Waals surface area contributed by atoms with E-state index in [4.69, 9.17) is 9.31 Å². The maximum atomic E-state index is 12.3. The molecule has 0 aliphatic carbocycles. The van der Waals surface area contributed by atoms with Gasteiger partial charge in [0.05, 0.1) is 23.4 Å². The number of nitrogens with zero attached hydrogens (tertiary/aromatic N) is 2. The van der Waals surface area contributed by atoms with Crippen LogP contribution in [0.25, 0.3) is 0 Å². The minimum atomic E-state index is -4.70. The van der Waals surface area contributed by atoms with E-state index in [0.29, 0.717) is 6.54 Å². The maximum absolute atomic E-state index is 12.3. The second-order valence-corrected chi connectivity index (χ2v) is 8.02. The first-order valence-corrected chi connectivity index (χ1v) is 9.03. The molecule has 1 aliphatic heterocycles. The maximum Gasteiger partial charge on any atom is 0.573 e. The van der Waals surface area contributed by atoms with E-state index in [1.807, 2.05) is 41.5 Å². The van der Waals surface area contributed by atoms with Crippen molar-refractivity contribution in [2.75, 3.05) is 0 Å². The summed E-state index contributed by atoms with van der Waals surface area (Å²) < 4.78 is 54.8. The Morgan fingerprint density at radius 1 is 1.04 bits per heavy atom. The molecule has 1 aromatic heterocycles. The quantitative estimate of drug-likeness (QED) is 0.739. The van der Waals surface area contributed by atoms with E-state index in [1.54, 1.807) is 16.8 Å². The summed E-state index contributed by atoms with van der Waals surface area (Å²) in [6.45, 7) is 12.2. The molecular weight excluding hydrogens is 372 g/mol. The molecule has 0 N–H and O–H groups in total.